The van der Waals surface area contributed by atoms with E-state index in [0.29, 0.717) is 5.56 Å². The summed E-state index contributed by atoms with van der Waals surface area (Å²) in [6.07, 6.45) is 2.14. The first kappa shape index (κ1) is 12.2. The minimum atomic E-state index is -0.264. The molecule has 0 amide bonds. The lowest BCUT2D eigenvalue weighted by Crippen LogP contribution is -2.04. The average Bonchev–Trinajstić information content (AvgIpc) is 2.25. The Morgan fingerprint density at radius 2 is 2.20 bits per heavy atom. The van der Waals surface area contributed by atoms with E-state index in [2.05, 4.69) is 22.0 Å². The van der Waals surface area contributed by atoms with Crippen molar-refractivity contribution in [1.82, 2.24) is 0 Å². The second kappa shape index (κ2) is 5.91. The maximum absolute atomic E-state index is 11.3. The topological polar surface area (TPSA) is 26.3 Å². The molecule has 0 atom stereocenters. The average molecular weight is 271 g/mol. The van der Waals surface area contributed by atoms with Gasteiger partial charge in [-0.05, 0) is 37.0 Å². The van der Waals surface area contributed by atoms with Crippen molar-refractivity contribution in [2.24, 2.45) is 0 Å². The van der Waals surface area contributed by atoms with Gasteiger partial charge in [0.05, 0.1) is 12.7 Å². The van der Waals surface area contributed by atoms with Crippen LogP contribution in [0.5, 0.6) is 0 Å². The van der Waals surface area contributed by atoms with Crippen molar-refractivity contribution in [2.45, 2.75) is 19.8 Å². The molecule has 0 aromatic heterocycles. The smallest absolute Gasteiger partial charge is 0.338 e. The summed E-state index contributed by atoms with van der Waals surface area (Å²) in [6, 6.07) is 5.88. The molecule has 15 heavy (non-hydrogen) atoms. The van der Waals surface area contributed by atoms with Crippen LogP contribution < -0.4 is 0 Å². The van der Waals surface area contributed by atoms with Crippen LogP contribution in [-0.4, -0.2) is 18.4 Å². The monoisotopic (exact) mass is 270 g/mol. The first-order valence-corrected chi connectivity index (χ1v) is 6.05. The number of aryl methyl sites for hydroxylation is 2. The molecule has 2 nitrogen and oxygen atoms in total. The highest BCUT2D eigenvalue weighted by Gasteiger charge is 2.08. The van der Waals surface area contributed by atoms with Gasteiger partial charge in [0.1, 0.15) is 0 Å². The normalized spacial score (nSPS) is 10.1. The van der Waals surface area contributed by atoms with Crippen molar-refractivity contribution in [3.8, 4) is 0 Å². The van der Waals surface area contributed by atoms with Gasteiger partial charge < -0.3 is 4.74 Å². The number of hydrogen-bond acceptors (Lipinski definition) is 2. The van der Waals surface area contributed by atoms with Crippen molar-refractivity contribution in [2.75, 3.05) is 12.4 Å². The van der Waals surface area contributed by atoms with Crippen LogP contribution in [0.25, 0.3) is 0 Å². The molecule has 3 heteroatoms. The minimum absolute atomic E-state index is 0.264. The maximum Gasteiger partial charge on any atom is 0.338 e. The summed E-state index contributed by atoms with van der Waals surface area (Å²) in [7, 11) is 1.40. The van der Waals surface area contributed by atoms with Gasteiger partial charge >= 0.3 is 5.97 Å². The molecular weight excluding hydrogens is 256 g/mol. The molecule has 0 fully saturated rings. The third kappa shape index (κ3) is 3.34. The first-order valence-electron chi connectivity index (χ1n) is 4.93. The number of benzene rings is 1. The quantitative estimate of drug-likeness (QED) is 0.621. The molecule has 1 aromatic rings. The standard InChI is InChI=1S/C12H15BrO2/c1-9-8-10(4-3-7-13)5-6-11(9)12(14)15-2/h5-6,8H,3-4,7H2,1-2H3. The van der Waals surface area contributed by atoms with Crippen LogP contribution in [0.4, 0.5) is 0 Å². The molecule has 0 aliphatic heterocycles. The van der Waals surface area contributed by atoms with E-state index < -0.39 is 0 Å². The molecule has 0 aliphatic rings. The van der Waals surface area contributed by atoms with Crippen LogP contribution in [-0.2, 0) is 11.2 Å². The summed E-state index contributed by atoms with van der Waals surface area (Å²) in [5, 5.41) is 1.00. The van der Waals surface area contributed by atoms with E-state index in [1.807, 2.05) is 19.1 Å². The number of carbonyl (C=O) groups excluding carboxylic acids is 1. The lowest BCUT2D eigenvalue weighted by atomic mass is 10.0. The second-order valence-corrected chi connectivity index (χ2v) is 4.23. The molecule has 0 unspecified atom stereocenters. The van der Waals surface area contributed by atoms with Crippen molar-refractivity contribution in [1.29, 1.82) is 0 Å². The zero-order valence-electron chi connectivity index (χ0n) is 9.05. The van der Waals surface area contributed by atoms with Crippen LogP contribution in [0.1, 0.15) is 27.9 Å². The highest BCUT2D eigenvalue weighted by molar-refractivity contribution is 9.09. The van der Waals surface area contributed by atoms with Gasteiger partial charge in [-0.1, -0.05) is 28.1 Å². The van der Waals surface area contributed by atoms with E-state index in [1.54, 1.807) is 0 Å². The molecule has 0 N–H and O–H groups in total. The molecular formula is C12H15BrO2. The minimum Gasteiger partial charge on any atom is -0.465 e. The van der Waals surface area contributed by atoms with Gasteiger partial charge in [-0.25, -0.2) is 4.79 Å². The Balaban J connectivity index is 2.83. The Morgan fingerprint density at radius 3 is 2.73 bits per heavy atom. The van der Waals surface area contributed by atoms with Crippen LogP contribution in [0.15, 0.2) is 18.2 Å². The fourth-order valence-corrected chi connectivity index (χ4v) is 1.77. The van der Waals surface area contributed by atoms with Gasteiger partial charge in [0.25, 0.3) is 0 Å². The predicted molar refractivity (Wildman–Crippen MR) is 64.6 cm³/mol. The van der Waals surface area contributed by atoms with Crippen molar-refractivity contribution >= 4 is 21.9 Å². The fourth-order valence-electron chi connectivity index (χ4n) is 1.49. The van der Waals surface area contributed by atoms with Gasteiger partial charge in [0.15, 0.2) is 0 Å². The second-order valence-electron chi connectivity index (χ2n) is 3.43. The Morgan fingerprint density at radius 1 is 1.47 bits per heavy atom. The summed E-state index contributed by atoms with van der Waals surface area (Å²) >= 11 is 3.40. The zero-order valence-corrected chi connectivity index (χ0v) is 10.6. The van der Waals surface area contributed by atoms with Gasteiger partial charge in [-0.15, -0.1) is 0 Å². The molecule has 1 rings (SSSR count). The number of ether oxygens (including phenoxy) is 1. The number of alkyl halides is 1. The van der Waals surface area contributed by atoms with Gasteiger partial charge in [-0.2, -0.15) is 0 Å². The molecule has 0 heterocycles. The maximum atomic E-state index is 11.3. The third-order valence-electron chi connectivity index (χ3n) is 2.30. The molecule has 1 aromatic carbocycles. The lowest BCUT2D eigenvalue weighted by Gasteiger charge is -2.06. The molecule has 0 aliphatic carbocycles. The predicted octanol–water partition coefficient (Wildman–Crippen LogP) is 3.11. The number of esters is 1. The Labute approximate surface area is 98.8 Å². The van der Waals surface area contributed by atoms with E-state index in [1.165, 1.54) is 12.7 Å². The largest absolute Gasteiger partial charge is 0.465 e. The Bertz CT molecular complexity index is 347. The molecule has 0 saturated carbocycles. The summed E-state index contributed by atoms with van der Waals surface area (Å²) in [4.78, 5) is 11.3. The van der Waals surface area contributed by atoms with Gasteiger partial charge in [-0.3, -0.25) is 0 Å². The summed E-state index contributed by atoms with van der Waals surface area (Å²) in [6.45, 7) is 1.93. The summed E-state index contributed by atoms with van der Waals surface area (Å²) in [5.74, 6) is -0.264. The van der Waals surface area contributed by atoms with E-state index in [9.17, 15) is 4.79 Å². The van der Waals surface area contributed by atoms with E-state index in [0.717, 1.165) is 23.7 Å². The number of rotatable bonds is 4. The summed E-state index contributed by atoms with van der Waals surface area (Å²) < 4.78 is 4.69. The fraction of sp³-hybridized carbons (Fsp3) is 0.417. The van der Waals surface area contributed by atoms with E-state index in [-0.39, 0.29) is 5.97 Å². The van der Waals surface area contributed by atoms with Crippen molar-refractivity contribution in [3.05, 3.63) is 34.9 Å². The van der Waals surface area contributed by atoms with Crippen LogP contribution in [0, 0.1) is 6.92 Å². The van der Waals surface area contributed by atoms with E-state index in [4.69, 9.17) is 4.74 Å². The molecule has 82 valence electrons. The van der Waals surface area contributed by atoms with E-state index >= 15 is 0 Å². The molecule has 0 saturated heterocycles. The highest BCUT2D eigenvalue weighted by atomic mass is 79.9. The third-order valence-corrected chi connectivity index (χ3v) is 2.86. The summed E-state index contributed by atoms with van der Waals surface area (Å²) in [5.41, 5.74) is 2.90. The Hall–Kier alpha value is -0.830. The Kier molecular flexibility index (Phi) is 4.82. The number of halogens is 1. The number of methoxy groups -OCH3 is 1. The molecule has 0 spiro atoms. The number of carbonyl (C=O) groups is 1. The van der Waals surface area contributed by atoms with Crippen molar-refractivity contribution < 1.29 is 9.53 Å². The van der Waals surface area contributed by atoms with Crippen LogP contribution in [0.3, 0.4) is 0 Å². The molecule has 0 radical (unpaired) electrons. The molecule has 0 bridgehead atoms. The SMILES string of the molecule is COC(=O)c1ccc(CCCBr)cc1C. The van der Waals surface area contributed by atoms with Crippen LogP contribution in [0.2, 0.25) is 0 Å². The van der Waals surface area contributed by atoms with Crippen molar-refractivity contribution in [3.63, 3.8) is 0 Å². The number of hydrogen-bond donors (Lipinski definition) is 0. The van der Waals surface area contributed by atoms with Crippen LogP contribution >= 0.6 is 15.9 Å². The van der Waals surface area contributed by atoms with Gasteiger partial charge in [0, 0.05) is 5.33 Å². The highest BCUT2D eigenvalue weighted by Crippen LogP contribution is 2.13. The first-order chi connectivity index (χ1) is 7.19. The van der Waals surface area contributed by atoms with Gasteiger partial charge in [0.2, 0.25) is 0 Å². The lowest BCUT2D eigenvalue weighted by molar-refractivity contribution is 0.0600. The zero-order chi connectivity index (χ0) is 11.3.